The minimum absolute atomic E-state index is 0.0674. The largest absolute Gasteiger partial charge is 0.364 e. The Bertz CT molecular complexity index is 873. The van der Waals surface area contributed by atoms with Gasteiger partial charge in [0.15, 0.2) is 0 Å². The zero-order chi connectivity index (χ0) is 17.6. The summed E-state index contributed by atoms with van der Waals surface area (Å²) in [5, 5.41) is 6.78. The Morgan fingerprint density at radius 2 is 2.04 bits per heavy atom. The van der Waals surface area contributed by atoms with Crippen molar-refractivity contribution in [1.29, 1.82) is 0 Å². The van der Waals surface area contributed by atoms with E-state index in [1.54, 1.807) is 18.2 Å². The van der Waals surface area contributed by atoms with Crippen LogP contribution in [-0.4, -0.2) is 11.1 Å². The quantitative estimate of drug-likeness (QED) is 0.738. The van der Waals surface area contributed by atoms with E-state index in [4.69, 9.17) is 4.52 Å². The molecule has 1 N–H and O–H groups in total. The number of rotatable bonds is 6. The predicted molar refractivity (Wildman–Crippen MR) is 93.2 cm³/mol. The maximum atomic E-state index is 13.9. The standard InChI is InChI=1S/C20H19FN2O2/c1-14-5-4-6-15(11-14)12-22-19(24)10-9-16-13-25-23-20(16)17-7-2-3-8-18(17)21/h2-8,11,13H,9-10,12H2,1H3,(H,22,24). The van der Waals surface area contributed by atoms with Gasteiger partial charge in [-0.3, -0.25) is 4.79 Å². The Kier molecular flexibility index (Phi) is 5.23. The number of halogens is 1. The van der Waals surface area contributed by atoms with Crippen LogP contribution in [0.4, 0.5) is 4.39 Å². The molecule has 0 radical (unpaired) electrons. The van der Waals surface area contributed by atoms with Crippen molar-refractivity contribution in [2.24, 2.45) is 0 Å². The van der Waals surface area contributed by atoms with E-state index in [1.807, 2.05) is 31.2 Å². The molecule has 128 valence electrons. The first-order chi connectivity index (χ1) is 12.1. The van der Waals surface area contributed by atoms with Crippen LogP contribution >= 0.6 is 0 Å². The predicted octanol–water partition coefficient (Wildman–Crippen LogP) is 4.04. The molecule has 0 saturated carbocycles. The third-order valence-corrected chi connectivity index (χ3v) is 3.97. The molecule has 2 aromatic carbocycles. The number of hydrogen-bond acceptors (Lipinski definition) is 3. The van der Waals surface area contributed by atoms with E-state index in [0.29, 0.717) is 24.2 Å². The van der Waals surface area contributed by atoms with Gasteiger partial charge in [-0.05, 0) is 31.0 Å². The maximum absolute atomic E-state index is 13.9. The molecule has 0 saturated heterocycles. The van der Waals surface area contributed by atoms with Crippen LogP contribution in [0, 0.1) is 12.7 Å². The van der Waals surface area contributed by atoms with Gasteiger partial charge in [-0.15, -0.1) is 0 Å². The summed E-state index contributed by atoms with van der Waals surface area (Å²) in [7, 11) is 0. The third-order valence-electron chi connectivity index (χ3n) is 3.97. The van der Waals surface area contributed by atoms with Gasteiger partial charge in [-0.25, -0.2) is 4.39 Å². The van der Waals surface area contributed by atoms with E-state index in [9.17, 15) is 9.18 Å². The van der Waals surface area contributed by atoms with Gasteiger partial charge in [0.25, 0.3) is 0 Å². The molecule has 1 aromatic heterocycles. The van der Waals surface area contributed by atoms with Crippen molar-refractivity contribution < 1.29 is 13.7 Å². The van der Waals surface area contributed by atoms with E-state index in [-0.39, 0.29) is 18.1 Å². The smallest absolute Gasteiger partial charge is 0.220 e. The summed E-state index contributed by atoms with van der Waals surface area (Å²) in [6.45, 7) is 2.51. The van der Waals surface area contributed by atoms with Gasteiger partial charge in [0.05, 0.1) is 0 Å². The average molecular weight is 338 g/mol. The van der Waals surface area contributed by atoms with Crippen LogP contribution in [0.25, 0.3) is 11.3 Å². The van der Waals surface area contributed by atoms with Crippen LogP contribution in [0.5, 0.6) is 0 Å². The van der Waals surface area contributed by atoms with Crippen molar-refractivity contribution in [1.82, 2.24) is 10.5 Å². The highest BCUT2D eigenvalue weighted by molar-refractivity contribution is 5.76. The molecule has 3 aromatic rings. The summed E-state index contributed by atoms with van der Waals surface area (Å²) in [4.78, 5) is 12.1. The lowest BCUT2D eigenvalue weighted by atomic mass is 10.0. The molecule has 0 spiro atoms. The number of aromatic nitrogens is 1. The third kappa shape index (κ3) is 4.32. The fraction of sp³-hybridized carbons (Fsp3) is 0.200. The Balaban J connectivity index is 1.58. The highest BCUT2D eigenvalue weighted by Crippen LogP contribution is 2.25. The number of nitrogens with zero attached hydrogens (tertiary/aromatic N) is 1. The maximum Gasteiger partial charge on any atom is 0.220 e. The minimum atomic E-state index is -0.360. The first-order valence-electron chi connectivity index (χ1n) is 8.14. The number of hydrogen-bond donors (Lipinski definition) is 1. The zero-order valence-electron chi connectivity index (χ0n) is 14.0. The fourth-order valence-corrected chi connectivity index (χ4v) is 2.67. The van der Waals surface area contributed by atoms with E-state index >= 15 is 0 Å². The number of benzene rings is 2. The molecular formula is C20H19FN2O2. The summed E-state index contributed by atoms with van der Waals surface area (Å²) in [5.41, 5.74) is 3.77. The number of amides is 1. The number of carbonyl (C=O) groups is 1. The molecule has 4 nitrogen and oxygen atoms in total. The first kappa shape index (κ1) is 16.9. The lowest BCUT2D eigenvalue weighted by Crippen LogP contribution is -2.23. The van der Waals surface area contributed by atoms with Crippen LogP contribution in [0.3, 0.4) is 0 Å². The van der Waals surface area contributed by atoms with Crippen molar-refractivity contribution in [3.05, 3.63) is 77.3 Å². The molecule has 5 heteroatoms. The highest BCUT2D eigenvalue weighted by Gasteiger charge is 2.15. The SMILES string of the molecule is Cc1cccc(CNC(=O)CCc2conc2-c2ccccc2F)c1. The van der Waals surface area contributed by atoms with Crippen molar-refractivity contribution >= 4 is 5.91 Å². The average Bonchev–Trinajstić information content (AvgIpc) is 3.07. The van der Waals surface area contributed by atoms with E-state index in [1.165, 1.54) is 12.3 Å². The lowest BCUT2D eigenvalue weighted by molar-refractivity contribution is -0.121. The summed E-state index contributed by atoms with van der Waals surface area (Å²) in [6.07, 6.45) is 2.19. The molecule has 1 heterocycles. The second-order valence-electron chi connectivity index (χ2n) is 5.93. The normalized spacial score (nSPS) is 10.6. The Hall–Kier alpha value is -2.95. The second kappa shape index (κ2) is 7.75. The van der Waals surface area contributed by atoms with Crippen molar-refractivity contribution in [2.75, 3.05) is 0 Å². The second-order valence-corrected chi connectivity index (χ2v) is 5.93. The van der Waals surface area contributed by atoms with E-state index in [0.717, 1.165) is 16.7 Å². The van der Waals surface area contributed by atoms with Crippen LogP contribution in [-0.2, 0) is 17.8 Å². The van der Waals surface area contributed by atoms with Gasteiger partial charge in [0.1, 0.15) is 17.8 Å². The van der Waals surface area contributed by atoms with Crippen molar-refractivity contribution in [3.63, 3.8) is 0 Å². The van der Waals surface area contributed by atoms with Crippen LogP contribution in [0.15, 0.2) is 59.3 Å². The molecule has 0 aliphatic carbocycles. The molecule has 25 heavy (non-hydrogen) atoms. The topological polar surface area (TPSA) is 55.1 Å². The highest BCUT2D eigenvalue weighted by atomic mass is 19.1. The van der Waals surface area contributed by atoms with Crippen LogP contribution < -0.4 is 5.32 Å². The molecule has 0 aliphatic heterocycles. The molecule has 1 amide bonds. The van der Waals surface area contributed by atoms with Crippen LogP contribution in [0.1, 0.15) is 23.1 Å². The molecule has 0 fully saturated rings. The monoisotopic (exact) mass is 338 g/mol. The first-order valence-corrected chi connectivity index (χ1v) is 8.14. The van der Waals surface area contributed by atoms with Gasteiger partial charge in [-0.2, -0.15) is 0 Å². The molecule has 3 rings (SSSR count). The minimum Gasteiger partial charge on any atom is -0.364 e. The van der Waals surface area contributed by atoms with Crippen molar-refractivity contribution in [3.8, 4) is 11.3 Å². The summed E-state index contributed by atoms with van der Waals surface area (Å²) in [5.74, 6) is -0.427. The Labute approximate surface area is 145 Å². The van der Waals surface area contributed by atoms with Crippen molar-refractivity contribution in [2.45, 2.75) is 26.3 Å². The van der Waals surface area contributed by atoms with Crippen LogP contribution in [0.2, 0.25) is 0 Å². The number of carbonyl (C=O) groups excluding carboxylic acids is 1. The zero-order valence-corrected chi connectivity index (χ0v) is 14.0. The molecule has 0 atom stereocenters. The van der Waals surface area contributed by atoms with E-state index < -0.39 is 0 Å². The van der Waals surface area contributed by atoms with Gasteiger partial charge in [0, 0.05) is 24.1 Å². The molecule has 0 aliphatic rings. The Morgan fingerprint density at radius 3 is 2.84 bits per heavy atom. The molecule has 0 unspecified atom stereocenters. The lowest BCUT2D eigenvalue weighted by Gasteiger charge is -2.06. The van der Waals surface area contributed by atoms with Gasteiger partial charge in [-0.1, -0.05) is 47.1 Å². The van der Waals surface area contributed by atoms with Gasteiger partial charge in [0.2, 0.25) is 5.91 Å². The summed E-state index contributed by atoms with van der Waals surface area (Å²) >= 11 is 0. The molecule has 0 bridgehead atoms. The number of nitrogens with one attached hydrogen (secondary N) is 1. The van der Waals surface area contributed by atoms with Gasteiger partial charge < -0.3 is 9.84 Å². The van der Waals surface area contributed by atoms with Gasteiger partial charge >= 0.3 is 0 Å². The fourth-order valence-electron chi connectivity index (χ4n) is 2.67. The summed E-state index contributed by atoms with van der Waals surface area (Å²) in [6, 6.07) is 14.4. The Morgan fingerprint density at radius 1 is 1.20 bits per heavy atom. The summed E-state index contributed by atoms with van der Waals surface area (Å²) < 4.78 is 18.9. The van der Waals surface area contributed by atoms with E-state index in [2.05, 4.69) is 10.5 Å². The molecular weight excluding hydrogens is 319 g/mol. The number of aryl methyl sites for hydroxylation is 2.